The second-order valence-corrected chi connectivity index (χ2v) is 5.76. The summed E-state index contributed by atoms with van der Waals surface area (Å²) < 4.78 is 37.7. The smallest absolute Gasteiger partial charge is 0.127 e. The first kappa shape index (κ1) is 11.7. The van der Waals surface area contributed by atoms with Gasteiger partial charge in [0.25, 0.3) is 0 Å². The molecule has 0 amide bonds. The van der Waals surface area contributed by atoms with Crippen LogP contribution >= 0.6 is 0 Å². The van der Waals surface area contributed by atoms with E-state index in [1.165, 1.54) is 12.8 Å². The highest BCUT2D eigenvalue weighted by molar-refractivity contribution is 7.85. The van der Waals surface area contributed by atoms with E-state index in [0.717, 1.165) is 31.0 Å². The molecule has 0 heterocycles. The van der Waals surface area contributed by atoms with Gasteiger partial charge < -0.3 is 0 Å². The molecule has 0 aromatic heterocycles. The molecule has 88 valence electrons. The van der Waals surface area contributed by atoms with E-state index in [2.05, 4.69) is 0 Å². The van der Waals surface area contributed by atoms with E-state index in [1.54, 1.807) is 0 Å². The maximum atomic E-state index is 12.9. The first-order chi connectivity index (χ1) is 7.65. The Hall–Kier alpha value is -0.770. The van der Waals surface area contributed by atoms with Gasteiger partial charge in [-0.05, 0) is 30.9 Å². The lowest BCUT2D eigenvalue weighted by molar-refractivity contribution is 0.573. The fourth-order valence-electron chi connectivity index (χ4n) is 2.15. The summed E-state index contributed by atoms with van der Waals surface area (Å²) in [5.41, 5.74) is 0. The normalized spacial score (nSPS) is 18.9. The predicted molar refractivity (Wildman–Crippen MR) is 59.6 cm³/mol. The summed E-state index contributed by atoms with van der Waals surface area (Å²) in [6, 6.07) is 3.12. The predicted octanol–water partition coefficient (Wildman–Crippen LogP) is 3.26. The van der Waals surface area contributed by atoms with Crippen LogP contribution in [-0.2, 0) is 10.8 Å². The molecule has 0 radical (unpaired) electrons. The Morgan fingerprint density at radius 1 is 1.12 bits per heavy atom. The topological polar surface area (TPSA) is 17.1 Å². The Kier molecular flexibility index (Phi) is 3.69. The molecule has 0 spiro atoms. The van der Waals surface area contributed by atoms with E-state index in [0.29, 0.717) is 11.7 Å². The Balaban J connectivity index is 2.07. The molecule has 0 aliphatic heterocycles. The molecule has 4 heteroatoms. The molecule has 1 nitrogen and oxygen atoms in total. The van der Waals surface area contributed by atoms with Crippen molar-refractivity contribution in [2.45, 2.75) is 30.6 Å². The fraction of sp³-hybridized carbons (Fsp3) is 0.500. The summed E-state index contributed by atoms with van der Waals surface area (Å²) in [5, 5.41) is 0. The van der Waals surface area contributed by atoms with Gasteiger partial charge in [0, 0.05) is 16.7 Å². The minimum atomic E-state index is -1.27. The molecular formula is C12H14F2OS. The van der Waals surface area contributed by atoms with Crippen LogP contribution in [0.1, 0.15) is 25.7 Å². The quantitative estimate of drug-likeness (QED) is 0.797. The molecule has 16 heavy (non-hydrogen) atoms. The van der Waals surface area contributed by atoms with Crippen molar-refractivity contribution in [2.75, 3.05) is 5.75 Å². The number of benzene rings is 1. The van der Waals surface area contributed by atoms with Crippen molar-refractivity contribution in [2.24, 2.45) is 5.92 Å². The van der Waals surface area contributed by atoms with Crippen molar-refractivity contribution in [3.8, 4) is 0 Å². The Labute approximate surface area is 96.3 Å². The van der Waals surface area contributed by atoms with Crippen molar-refractivity contribution in [1.82, 2.24) is 0 Å². The SMILES string of the molecule is O=S(CC1CCCC1)c1cc(F)cc(F)c1. The van der Waals surface area contributed by atoms with Gasteiger partial charge in [-0.2, -0.15) is 0 Å². The highest BCUT2D eigenvalue weighted by Gasteiger charge is 2.19. The lowest BCUT2D eigenvalue weighted by Gasteiger charge is -2.08. The Morgan fingerprint density at radius 2 is 1.69 bits per heavy atom. The molecule has 0 N–H and O–H groups in total. The lowest BCUT2D eigenvalue weighted by atomic mass is 10.1. The average Bonchev–Trinajstić information content (AvgIpc) is 2.68. The van der Waals surface area contributed by atoms with E-state index < -0.39 is 22.4 Å². The van der Waals surface area contributed by atoms with Crippen LogP contribution < -0.4 is 0 Å². The van der Waals surface area contributed by atoms with Gasteiger partial charge >= 0.3 is 0 Å². The molecular weight excluding hydrogens is 230 g/mol. The van der Waals surface area contributed by atoms with Crippen LogP contribution in [0.2, 0.25) is 0 Å². The largest absolute Gasteiger partial charge is 0.254 e. The van der Waals surface area contributed by atoms with E-state index in [1.807, 2.05) is 0 Å². The molecule has 1 aliphatic carbocycles. The minimum absolute atomic E-state index is 0.268. The summed E-state index contributed by atoms with van der Waals surface area (Å²) in [7, 11) is -1.27. The van der Waals surface area contributed by atoms with E-state index >= 15 is 0 Å². The van der Waals surface area contributed by atoms with Crippen LogP contribution in [0.3, 0.4) is 0 Å². The molecule has 0 saturated heterocycles. The lowest BCUT2D eigenvalue weighted by Crippen LogP contribution is -2.08. The molecule has 1 fully saturated rings. The van der Waals surface area contributed by atoms with Crippen molar-refractivity contribution in [3.63, 3.8) is 0 Å². The molecule has 1 saturated carbocycles. The van der Waals surface area contributed by atoms with Crippen LogP contribution in [0.4, 0.5) is 8.78 Å². The summed E-state index contributed by atoms with van der Waals surface area (Å²) >= 11 is 0. The molecule has 1 aromatic carbocycles. The Bertz CT molecular complexity index is 380. The molecule has 1 unspecified atom stereocenters. The third-order valence-corrected chi connectivity index (χ3v) is 4.50. The maximum Gasteiger partial charge on any atom is 0.127 e. The maximum absolute atomic E-state index is 12.9. The summed E-state index contributed by atoms with van der Waals surface area (Å²) in [4.78, 5) is 0.268. The van der Waals surface area contributed by atoms with Crippen molar-refractivity contribution >= 4 is 10.8 Å². The van der Waals surface area contributed by atoms with E-state index in [-0.39, 0.29) is 4.90 Å². The molecule has 1 atom stereocenters. The van der Waals surface area contributed by atoms with E-state index in [9.17, 15) is 13.0 Å². The monoisotopic (exact) mass is 244 g/mol. The average molecular weight is 244 g/mol. The second kappa shape index (κ2) is 5.04. The first-order valence-electron chi connectivity index (χ1n) is 5.49. The van der Waals surface area contributed by atoms with Gasteiger partial charge in [0.15, 0.2) is 0 Å². The highest BCUT2D eigenvalue weighted by atomic mass is 32.2. The summed E-state index contributed by atoms with van der Waals surface area (Å²) in [5.74, 6) is -0.334. The third-order valence-electron chi connectivity index (χ3n) is 2.96. The molecule has 2 rings (SSSR count). The summed E-state index contributed by atoms with van der Waals surface area (Å²) in [6.45, 7) is 0. The second-order valence-electron chi connectivity index (χ2n) is 4.27. The molecule has 0 bridgehead atoms. The van der Waals surface area contributed by atoms with Crippen LogP contribution in [0, 0.1) is 17.6 Å². The third kappa shape index (κ3) is 2.88. The highest BCUT2D eigenvalue weighted by Crippen LogP contribution is 2.27. The van der Waals surface area contributed by atoms with Gasteiger partial charge in [0.05, 0.1) is 10.8 Å². The number of rotatable bonds is 3. The minimum Gasteiger partial charge on any atom is -0.254 e. The zero-order valence-corrected chi connectivity index (χ0v) is 9.73. The van der Waals surface area contributed by atoms with Crippen molar-refractivity contribution in [3.05, 3.63) is 29.8 Å². The van der Waals surface area contributed by atoms with Crippen molar-refractivity contribution < 1.29 is 13.0 Å². The van der Waals surface area contributed by atoms with Crippen LogP contribution in [0.5, 0.6) is 0 Å². The van der Waals surface area contributed by atoms with Gasteiger partial charge in [-0.15, -0.1) is 0 Å². The number of hydrogen-bond donors (Lipinski definition) is 0. The first-order valence-corrected chi connectivity index (χ1v) is 6.81. The zero-order chi connectivity index (χ0) is 11.5. The fourth-order valence-corrected chi connectivity index (χ4v) is 3.59. The van der Waals surface area contributed by atoms with Gasteiger partial charge in [0.1, 0.15) is 11.6 Å². The summed E-state index contributed by atoms with van der Waals surface area (Å²) in [6.07, 6.45) is 4.53. The van der Waals surface area contributed by atoms with E-state index in [4.69, 9.17) is 0 Å². The molecule has 1 aromatic rings. The number of halogens is 2. The Morgan fingerprint density at radius 3 is 2.25 bits per heavy atom. The zero-order valence-electron chi connectivity index (χ0n) is 8.92. The van der Waals surface area contributed by atoms with Crippen LogP contribution in [0.25, 0.3) is 0 Å². The van der Waals surface area contributed by atoms with Crippen LogP contribution in [0.15, 0.2) is 23.1 Å². The van der Waals surface area contributed by atoms with Crippen LogP contribution in [-0.4, -0.2) is 9.96 Å². The van der Waals surface area contributed by atoms with Gasteiger partial charge in [-0.25, -0.2) is 8.78 Å². The molecule has 1 aliphatic rings. The number of hydrogen-bond acceptors (Lipinski definition) is 1. The van der Waals surface area contributed by atoms with Gasteiger partial charge in [-0.1, -0.05) is 12.8 Å². The standard InChI is InChI=1S/C12H14F2OS/c13-10-5-11(14)7-12(6-10)16(15)8-9-3-1-2-4-9/h5-7,9H,1-4,8H2. The van der Waals surface area contributed by atoms with Gasteiger partial charge in [-0.3, -0.25) is 4.21 Å². The van der Waals surface area contributed by atoms with Crippen molar-refractivity contribution in [1.29, 1.82) is 0 Å². The van der Waals surface area contributed by atoms with Gasteiger partial charge in [0.2, 0.25) is 0 Å².